The number of aryl methyl sites for hydroxylation is 3. The van der Waals surface area contributed by atoms with Gasteiger partial charge in [0.15, 0.2) is 0 Å². The highest BCUT2D eigenvalue weighted by Crippen LogP contribution is 2.06. The molecule has 2 nitrogen and oxygen atoms in total. The monoisotopic (exact) mass is 242 g/mol. The Hall–Kier alpha value is -1.70. The zero-order chi connectivity index (χ0) is 12.8. The molecule has 0 bridgehead atoms. The molecule has 0 saturated heterocycles. The maximum Gasteiger partial charge on any atom is 0.0366 e. The minimum atomic E-state index is 1.03. The molecule has 0 fully saturated rings. The van der Waals surface area contributed by atoms with Crippen molar-refractivity contribution in [2.45, 2.75) is 33.1 Å². The molecule has 0 amide bonds. The van der Waals surface area contributed by atoms with Gasteiger partial charge in [-0.25, -0.2) is 0 Å². The highest BCUT2D eigenvalue weighted by molar-refractivity contribution is 5.15. The molecule has 1 aromatic carbocycles. The van der Waals surface area contributed by atoms with Crippen LogP contribution in [0.2, 0.25) is 0 Å². The third-order valence-corrected chi connectivity index (χ3v) is 3.28. The standard InChI is InChI=1S/C16H22N2/c1-14-11-12-15(2)18(14)17-13-7-6-10-16-8-4-3-5-9-16/h3-5,8-9,11-12,17H,6-7,10,13H2,1-2H3. The van der Waals surface area contributed by atoms with Crippen molar-refractivity contribution in [3.8, 4) is 0 Å². The van der Waals surface area contributed by atoms with Gasteiger partial charge in [0.2, 0.25) is 0 Å². The van der Waals surface area contributed by atoms with Gasteiger partial charge >= 0.3 is 0 Å². The summed E-state index contributed by atoms with van der Waals surface area (Å²) in [5.41, 5.74) is 7.45. The van der Waals surface area contributed by atoms with Crippen molar-refractivity contribution in [3.63, 3.8) is 0 Å². The molecule has 1 aromatic heterocycles. The van der Waals surface area contributed by atoms with Crippen molar-refractivity contribution in [2.24, 2.45) is 0 Å². The number of nitrogens with zero attached hydrogens (tertiary/aromatic N) is 1. The predicted molar refractivity (Wildman–Crippen MR) is 77.5 cm³/mol. The largest absolute Gasteiger partial charge is 0.326 e. The van der Waals surface area contributed by atoms with E-state index in [-0.39, 0.29) is 0 Å². The second kappa shape index (κ2) is 6.29. The Balaban J connectivity index is 1.68. The van der Waals surface area contributed by atoms with Crippen molar-refractivity contribution in [1.82, 2.24) is 4.68 Å². The lowest BCUT2D eigenvalue weighted by Crippen LogP contribution is -2.18. The van der Waals surface area contributed by atoms with E-state index >= 15 is 0 Å². The van der Waals surface area contributed by atoms with Crippen LogP contribution in [0.25, 0.3) is 0 Å². The number of hydrogen-bond acceptors (Lipinski definition) is 1. The summed E-state index contributed by atoms with van der Waals surface area (Å²) in [5, 5.41) is 0. The molecule has 2 heteroatoms. The van der Waals surface area contributed by atoms with Gasteiger partial charge in [0.1, 0.15) is 0 Å². The maximum atomic E-state index is 3.46. The zero-order valence-corrected chi connectivity index (χ0v) is 11.3. The van der Waals surface area contributed by atoms with E-state index in [4.69, 9.17) is 0 Å². The summed E-state index contributed by atoms with van der Waals surface area (Å²) in [6.07, 6.45) is 3.61. The van der Waals surface area contributed by atoms with Crippen LogP contribution < -0.4 is 5.43 Å². The number of nitrogens with one attached hydrogen (secondary N) is 1. The van der Waals surface area contributed by atoms with Crippen molar-refractivity contribution in [1.29, 1.82) is 0 Å². The smallest absolute Gasteiger partial charge is 0.0366 e. The topological polar surface area (TPSA) is 17.0 Å². The first-order chi connectivity index (χ1) is 8.77. The quantitative estimate of drug-likeness (QED) is 0.765. The van der Waals surface area contributed by atoms with E-state index in [9.17, 15) is 0 Å². The van der Waals surface area contributed by atoms with Crippen molar-refractivity contribution < 1.29 is 0 Å². The van der Waals surface area contributed by atoms with Gasteiger partial charge in [-0.2, -0.15) is 0 Å². The van der Waals surface area contributed by atoms with Crippen LogP contribution in [0.3, 0.4) is 0 Å². The summed E-state index contributed by atoms with van der Waals surface area (Å²) in [5.74, 6) is 0. The minimum Gasteiger partial charge on any atom is -0.326 e. The Morgan fingerprint density at radius 2 is 1.56 bits per heavy atom. The summed E-state index contributed by atoms with van der Waals surface area (Å²) in [6, 6.07) is 15.0. The van der Waals surface area contributed by atoms with Gasteiger partial charge in [0, 0.05) is 17.9 Å². The fourth-order valence-electron chi connectivity index (χ4n) is 2.21. The van der Waals surface area contributed by atoms with Gasteiger partial charge in [-0.3, -0.25) is 4.68 Å². The predicted octanol–water partition coefficient (Wildman–Crippen LogP) is 3.67. The normalized spacial score (nSPS) is 10.6. The molecule has 18 heavy (non-hydrogen) atoms. The van der Waals surface area contributed by atoms with E-state index in [1.165, 1.54) is 36.2 Å². The lowest BCUT2D eigenvalue weighted by Gasteiger charge is -2.12. The zero-order valence-electron chi connectivity index (χ0n) is 11.3. The van der Waals surface area contributed by atoms with Crippen molar-refractivity contribution in [2.75, 3.05) is 12.0 Å². The molecule has 0 unspecified atom stereocenters. The minimum absolute atomic E-state index is 1.03. The number of aromatic nitrogens is 1. The first kappa shape index (κ1) is 12.7. The van der Waals surface area contributed by atoms with Crippen LogP contribution in [0, 0.1) is 13.8 Å². The molecule has 0 aliphatic carbocycles. The Morgan fingerprint density at radius 3 is 2.22 bits per heavy atom. The Bertz CT molecular complexity index is 452. The molecule has 0 aliphatic rings. The van der Waals surface area contributed by atoms with Crippen molar-refractivity contribution in [3.05, 3.63) is 59.4 Å². The van der Waals surface area contributed by atoms with E-state index in [0.717, 1.165) is 6.54 Å². The van der Waals surface area contributed by atoms with Crippen LogP contribution >= 0.6 is 0 Å². The molecular weight excluding hydrogens is 220 g/mol. The molecule has 1 heterocycles. The number of hydrogen-bond donors (Lipinski definition) is 1. The Labute approximate surface area is 110 Å². The van der Waals surface area contributed by atoms with Crippen molar-refractivity contribution >= 4 is 0 Å². The van der Waals surface area contributed by atoms with Gasteiger partial charge in [0.25, 0.3) is 0 Å². The van der Waals surface area contributed by atoms with Gasteiger partial charge in [-0.15, -0.1) is 0 Å². The third-order valence-electron chi connectivity index (χ3n) is 3.28. The van der Waals surface area contributed by atoms with E-state index in [0.29, 0.717) is 0 Å². The highest BCUT2D eigenvalue weighted by Gasteiger charge is 1.99. The van der Waals surface area contributed by atoms with Crippen LogP contribution in [0.4, 0.5) is 0 Å². The van der Waals surface area contributed by atoms with Crippen LogP contribution in [-0.4, -0.2) is 11.2 Å². The first-order valence-corrected chi connectivity index (χ1v) is 6.70. The number of rotatable bonds is 6. The first-order valence-electron chi connectivity index (χ1n) is 6.70. The molecular formula is C16H22N2. The number of benzene rings is 1. The van der Waals surface area contributed by atoms with E-state index < -0.39 is 0 Å². The fraction of sp³-hybridized carbons (Fsp3) is 0.375. The van der Waals surface area contributed by atoms with E-state index in [2.05, 4.69) is 66.4 Å². The van der Waals surface area contributed by atoms with Crippen LogP contribution in [0.5, 0.6) is 0 Å². The Kier molecular flexibility index (Phi) is 4.46. The van der Waals surface area contributed by atoms with E-state index in [1.54, 1.807) is 0 Å². The van der Waals surface area contributed by atoms with E-state index in [1.807, 2.05) is 0 Å². The molecule has 0 spiro atoms. The average molecular weight is 242 g/mol. The van der Waals surface area contributed by atoms with Gasteiger partial charge < -0.3 is 5.43 Å². The molecule has 2 rings (SSSR count). The number of unbranched alkanes of at least 4 members (excludes halogenated alkanes) is 1. The lowest BCUT2D eigenvalue weighted by atomic mass is 10.1. The summed E-state index contributed by atoms with van der Waals surface area (Å²) in [6.45, 7) is 5.29. The molecule has 0 saturated carbocycles. The fourth-order valence-corrected chi connectivity index (χ4v) is 2.21. The van der Waals surface area contributed by atoms with Gasteiger partial charge in [0.05, 0.1) is 0 Å². The SMILES string of the molecule is Cc1ccc(C)n1NCCCCc1ccccc1. The molecule has 2 aromatic rings. The summed E-state index contributed by atoms with van der Waals surface area (Å²) in [4.78, 5) is 0. The molecule has 0 atom stereocenters. The van der Waals surface area contributed by atoms with Crippen LogP contribution in [0.15, 0.2) is 42.5 Å². The van der Waals surface area contributed by atoms with Gasteiger partial charge in [-0.05, 0) is 50.8 Å². The average Bonchev–Trinajstić information content (AvgIpc) is 2.71. The lowest BCUT2D eigenvalue weighted by molar-refractivity contribution is 0.701. The van der Waals surface area contributed by atoms with Crippen LogP contribution in [-0.2, 0) is 6.42 Å². The molecule has 0 radical (unpaired) electrons. The summed E-state index contributed by atoms with van der Waals surface area (Å²) >= 11 is 0. The second-order valence-electron chi connectivity index (χ2n) is 4.80. The molecule has 1 N–H and O–H groups in total. The van der Waals surface area contributed by atoms with Crippen LogP contribution in [0.1, 0.15) is 29.8 Å². The molecule has 96 valence electrons. The summed E-state index contributed by atoms with van der Waals surface area (Å²) in [7, 11) is 0. The third kappa shape index (κ3) is 3.39. The highest BCUT2D eigenvalue weighted by atomic mass is 15.4. The van der Waals surface area contributed by atoms with Gasteiger partial charge in [-0.1, -0.05) is 30.3 Å². The Morgan fingerprint density at radius 1 is 0.889 bits per heavy atom. The molecule has 0 aliphatic heterocycles. The second-order valence-corrected chi connectivity index (χ2v) is 4.80. The summed E-state index contributed by atoms with van der Waals surface area (Å²) < 4.78 is 2.17. The maximum absolute atomic E-state index is 3.46.